The number of carboxylic acid groups (broad SMARTS) is 1. The maximum atomic E-state index is 12.0. The summed E-state index contributed by atoms with van der Waals surface area (Å²) in [6, 6.07) is 4.68. The summed E-state index contributed by atoms with van der Waals surface area (Å²) in [5.74, 6) is -2.12. The van der Waals surface area contributed by atoms with E-state index >= 15 is 0 Å². The lowest BCUT2D eigenvalue weighted by molar-refractivity contribution is 0.0696. The van der Waals surface area contributed by atoms with Crippen LogP contribution in [0.15, 0.2) is 29.2 Å². The van der Waals surface area contributed by atoms with Gasteiger partial charge < -0.3 is 5.11 Å². The van der Waals surface area contributed by atoms with Gasteiger partial charge in [-0.15, -0.1) is 0 Å². The van der Waals surface area contributed by atoms with Crippen molar-refractivity contribution >= 4 is 25.6 Å². The van der Waals surface area contributed by atoms with Gasteiger partial charge in [-0.1, -0.05) is 0 Å². The van der Waals surface area contributed by atoms with Gasteiger partial charge in [0.25, 0.3) is 0 Å². The van der Waals surface area contributed by atoms with Gasteiger partial charge in [0.05, 0.1) is 27.2 Å². The molecule has 0 aromatic heterocycles. The number of carboxylic acids is 1. The molecule has 0 bridgehead atoms. The summed E-state index contributed by atoms with van der Waals surface area (Å²) < 4.78 is 47.2. The predicted molar refractivity (Wildman–Crippen MR) is 74.4 cm³/mol. The van der Waals surface area contributed by atoms with Crippen molar-refractivity contribution in [2.45, 2.75) is 24.0 Å². The Morgan fingerprint density at radius 3 is 1.95 bits per heavy atom. The Hall–Kier alpha value is -1.41. The van der Waals surface area contributed by atoms with Crippen LogP contribution < -0.4 is 0 Å². The molecule has 0 aliphatic carbocycles. The molecule has 1 rings (SSSR count). The average Bonchev–Trinajstić information content (AvgIpc) is 2.36. The zero-order chi connectivity index (χ0) is 15.6. The third kappa shape index (κ3) is 4.04. The SMILES string of the molecule is CC(C)S(=O)(=O)CCS(=O)(=O)c1ccc(C(=O)O)cc1. The number of sulfone groups is 2. The summed E-state index contributed by atoms with van der Waals surface area (Å²) in [5, 5.41) is 8.09. The Bertz CT molecular complexity index is 684. The van der Waals surface area contributed by atoms with E-state index in [1.54, 1.807) is 0 Å². The molecule has 0 unspecified atom stereocenters. The predicted octanol–water partition coefficient (Wildman–Crippen LogP) is 0.982. The fraction of sp³-hybridized carbons (Fsp3) is 0.417. The Kier molecular flexibility index (Phi) is 4.93. The van der Waals surface area contributed by atoms with Crippen LogP contribution in [-0.2, 0) is 19.7 Å². The Balaban J connectivity index is 2.92. The van der Waals surface area contributed by atoms with E-state index < -0.39 is 42.4 Å². The minimum absolute atomic E-state index is 0.0289. The topological polar surface area (TPSA) is 106 Å². The summed E-state index contributed by atoms with van der Waals surface area (Å²) >= 11 is 0. The molecule has 0 saturated heterocycles. The van der Waals surface area contributed by atoms with Crippen LogP contribution in [0.4, 0.5) is 0 Å². The molecule has 0 heterocycles. The molecule has 0 atom stereocenters. The summed E-state index contributed by atoms with van der Waals surface area (Å²) in [4.78, 5) is 10.6. The molecule has 1 aromatic carbocycles. The van der Waals surface area contributed by atoms with Crippen molar-refractivity contribution in [1.82, 2.24) is 0 Å². The number of carbonyl (C=O) groups is 1. The lowest BCUT2D eigenvalue weighted by Gasteiger charge is -2.08. The van der Waals surface area contributed by atoms with E-state index in [2.05, 4.69) is 0 Å². The van der Waals surface area contributed by atoms with E-state index in [1.807, 2.05) is 0 Å². The average molecular weight is 320 g/mol. The van der Waals surface area contributed by atoms with Gasteiger partial charge in [0.15, 0.2) is 19.7 Å². The van der Waals surface area contributed by atoms with Gasteiger partial charge in [0.1, 0.15) is 0 Å². The molecule has 0 saturated carbocycles. The van der Waals surface area contributed by atoms with Crippen molar-refractivity contribution in [3.8, 4) is 0 Å². The third-order valence-electron chi connectivity index (χ3n) is 2.82. The molecule has 0 fully saturated rings. The van der Waals surface area contributed by atoms with Crippen molar-refractivity contribution in [2.75, 3.05) is 11.5 Å². The smallest absolute Gasteiger partial charge is 0.335 e. The molecule has 8 heteroatoms. The van der Waals surface area contributed by atoms with Crippen molar-refractivity contribution < 1.29 is 26.7 Å². The number of aromatic carboxylic acids is 1. The summed E-state index contributed by atoms with van der Waals surface area (Å²) in [5.41, 5.74) is -0.0289. The van der Waals surface area contributed by atoms with Crippen LogP contribution in [0.1, 0.15) is 24.2 Å². The van der Waals surface area contributed by atoms with Crippen LogP contribution in [0.3, 0.4) is 0 Å². The molecular weight excluding hydrogens is 304 g/mol. The highest BCUT2D eigenvalue weighted by Crippen LogP contribution is 2.14. The first-order chi connectivity index (χ1) is 9.06. The van der Waals surface area contributed by atoms with Crippen LogP contribution in [-0.4, -0.2) is 44.7 Å². The van der Waals surface area contributed by atoms with Crippen LogP contribution >= 0.6 is 0 Å². The first-order valence-electron chi connectivity index (χ1n) is 5.84. The van der Waals surface area contributed by atoms with Gasteiger partial charge in [-0.05, 0) is 38.1 Å². The van der Waals surface area contributed by atoms with E-state index in [1.165, 1.54) is 38.1 Å². The first kappa shape index (κ1) is 16.6. The van der Waals surface area contributed by atoms with Gasteiger partial charge in [0, 0.05) is 0 Å². The highest BCUT2D eigenvalue weighted by molar-refractivity contribution is 7.95. The summed E-state index contributed by atoms with van der Waals surface area (Å²) in [6.07, 6.45) is 0. The zero-order valence-corrected chi connectivity index (χ0v) is 12.7. The van der Waals surface area contributed by atoms with Crippen LogP contribution in [0.25, 0.3) is 0 Å². The molecule has 0 spiro atoms. The van der Waals surface area contributed by atoms with E-state index in [-0.39, 0.29) is 10.5 Å². The lowest BCUT2D eigenvalue weighted by atomic mass is 10.2. The summed E-state index contributed by atoms with van der Waals surface area (Å²) in [7, 11) is -7.18. The Labute approximate surface area is 118 Å². The van der Waals surface area contributed by atoms with Crippen molar-refractivity contribution in [2.24, 2.45) is 0 Å². The molecule has 112 valence electrons. The fourth-order valence-corrected chi connectivity index (χ4v) is 4.45. The van der Waals surface area contributed by atoms with Crippen LogP contribution in [0.5, 0.6) is 0 Å². The molecule has 0 aliphatic heterocycles. The first-order valence-corrected chi connectivity index (χ1v) is 9.21. The molecule has 0 radical (unpaired) electrons. The molecule has 1 aromatic rings. The maximum absolute atomic E-state index is 12.0. The van der Waals surface area contributed by atoms with E-state index in [0.717, 1.165) is 0 Å². The van der Waals surface area contributed by atoms with Gasteiger partial charge in [-0.25, -0.2) is 21.6 Å². The van der Waals surface area contributed by atoms with E-state index in [4.69, 9.17) is 5.11 Å². The summed E-state index contributed by atoms with van der Waals surface area (Å²) in [6.45, 7) is 2.98. The minimum atomic E-state index is -3.74. The van der Waals surface area contributed by atoms with Crippen molar-refractivity contribution in [1.29, 1.82) is 0 Å². The monoisotopic (exact) mass is 320 g/mol. The van der Waals surface area contributed by atoms with Gasteiger partial charge in [0.2, 0.25) is 0 Å². The van der Waals surface area contributed by atoms with E-state index in [0.29, 0.717) is 0 Å². The standard InChI is InChI=1S/C12H16O6S2/c1-9(2)19(15,16)7-8-20(17,18)11-5-3-10(4-6-11)12(13)14/h3-6,9H,7-8H2,1-2H3,(H,13,14). The highest BCUT2D eigenvalue weighted by atomic mass is 32.2. The number of benzene rings is 1. The third-order valence-corrected chi connectivity index (χ3v) is 7.02. The van der Waals surface area contributed by atoms with Crippen LogP contribution in [0.2, 0.25) is 0 Å². The second-order valence-electron chi connectivity index (χ2n) is 4.56. The minimum Gasteiger partial charge on any atom is -0.478 e. The Morgan fingerprint density at radius 1 is 1.05 bits per heavy atom. The van der Waals surface area contributed by atoms with Gasteiger partial charge >= 0.3 is 5.97 Å². The van der Waals surface area contributed by atoms with Gasteiger partial charge in [-0.2, -0.15) is 0 Å². The quantitative estimate of drug-likeness (QED) is 0.837. The fourth-order valence-electron chi connectivity index (χ4n) is 1.38. The van der Waals surface area contributed by atoms with Gasteiger partial charge in [-0.3, -0.25) is 0 Å². The second-order valence-corrected chi connectivity index (χ2v) is 9.35. The second kappa shape index (κ2) is 5.92. The molecule has 6 nitrogen and oxygen atoms in total. The molecule has 1 N–H and O–H groups in total. The van der Waals surface area contributed by atoms with Crippen molar-refractivity contribution in [3.05, 3.63) is 29.8 Å². The normalized spacial score (nSPS) is 12.6. The van der Waals surface area contributed by atoms with E-state index in [9.17, 15) is 21.6 Å². The zero-order valence-electron chi connectivity index (χ0n) is 11.1. The molecule has 0 aliphatic rings. The number of hydrogen-bond donors (Lipinski definition) is 1. The lowest BCUT2D eigenvalue weighted by Crippen LogP contribution is -2.23. The molecule has 0 amide bonds. The molecular formula is C12H16O6S2. The number of hydrogen-bond acceptors (Lipinski definition) is 5. The number of rotatable bonds is 6. The van der Waals surface area contributed by atoms with Crippen LogP contribution in [0, 0.1) is 0 Å². The highest BCUT2D eigenvalue weighted by Gasteiger charge is 2.22. The maximum Gasteiger partial charge on any atom is 0.335 e. The Morgan fingerprint density at radius 2 is 1.55 bits per heavy atom. The molecule has 20 heavy (non-hydrogen) atoms. The largest absolute Gasteiger partial charge is 0.478 e. The van der Waals surface area contributed by atoms with Crippen molar-refractivity contribution in [3.63, 3.8) is 0 Å².